The van der Waals surface area contributed by atoms with Gasteiger partial charge in [-0.25, -0.2) is 37.3 Å². The zero-order valence-corrected chi connectivity index (χ0v) is 25.3. The monoisotopic (exact) mass is 736 g/mol. The van der Waals surface area contributed by atoms with Crippen LogP contribution in [0.5, 0.6) is 11.5 Å². The quantitative estimate of drug-likeness (QED) is 0.158. The number of hydrogen-bond donors (Lipinski definition) is 4. The minimum Gasteiger partial charge on any atom is -0.872 e. The number of benzene rings is 2. The van der Waals surface area contributed by atoms with E-state index in [0.29, 0.717) is 37.3 Å². The molecule has 16 nitrogen and oxygen atoms in total. The van der Waals surface area contributed by atoms with Crippen LogP contribution in [0.1, 0.15) is 11.1 Å². The van der Waals surface area contributed by atoms with Crippen LogP contribution in [0.2, 0.25) is 0 Å². The average molecular weight is 739 g/mol. The van der Waals surface area contributed by atoms with E-state index < -0.39 is 20.5 Å². The molecular weight excluding hydrogens is 706 g/mol. The Morgan fingerprint density at radius 2 is 0.857 bits per heavy atom. The van der Waals surface area contributed by atoms with Gasteiger partial charge < -0.3 is 32.3 Å². The molecule has 2 aromatic rings. The molecule has 0 bridgehead atoms. The fourth-order valence-corrected chi connectivity index (χ4v) is 2.25. The summed E-state index contributed by atoms with van der Waals surface area (Å²) >= 11 is 0. The predicted molar refractivity (Wildman–Crippen MR) is 121 cm³/mol. The number of nitrogens with one attached hydrogen (secondary N) is 2. The molecule has 0 aliphatic carbocycles. The first-order valence-corrected chi connectivity index (χ1v) is 13.7. The van der Waals surface area contributed by atoms with Crippen LogP contribution in [0.25, 0.3) is 0 Å². The smallest absolute Gasteiger partial charge is 0.872 e. The molecule has 42 heavy (non-hydrogen) atoms. The third-order valence-electron chi connectivity index (χ3n) is 3.77. The molecule has 0 amide bonds. The number of nitrogens with two attached hydrogens (primary N) is 2. The van der Waals surface area contributed by atoms with E-state index in [0.717, 1.165) is 26.2 Å². The molecule has 0 spiro atoms. The predicted octanol–water partition coefficient (Wildman–Crippen LogP) is -10.1. The van der Waals surface area contributed by atoms with Gasteiger partial charge in [0.2, 0.25) is 0 Å². The fraction of sp³-hybridized carbons (Fsp3) is 0.364. The molecule has 1 aliphatic heterocycles. The van der Waals surface area contributed by atoms with E-state index in [4.69, 9.17) is 48.7 Å². The Morgan fingerprint density at radius 1 is 0.595 bits per heavy atom. The summed E-state index contributed by atoms with van der Waals surface area (Å²) in [7, 11) is -9.89. The maximum Gasteiger partial charge on any atom is 2.00 e. The topological polar surface area (TPSA) is 331 Å². The second-order valence-electron chi connectivity index (χ2n) is 6.98. The Bertz CT molecular complexity index is 861. The molecule has 0 atom stereocenters. The van der Waals surface area contributed by atoms with Crippen molar-refractivity contribution in [2.75, 3.05) is 52.4 Å². The fourth-order valence-electron chi connectivity index (χ4n) is 2.25. The summed E-state index contributed by atoms with van der Waals surface area (Å²) in [5.41, 5.74) is 11.7. The first kappa shape index (κ1) is 47.4. The minimum absolute atomic E-state index is 0. The zero-order valence-electron chi connectivity index (χ0n) is 21.9. The summed E-state index contributed by atoms with van der Waals surface area (Å²) in [6, 6.07) is 13.6. The number of rotatable bonds is 6. The van der Waals surface area contributed by atoms with Crippen molar-refractivity contribution in [3.8, 4) is 11.5 Å². The van der Waals surface area contributed by atoms with Crippen LogP contribution in [-0.4, -0.2) is 64.8 Å². The van der Waals surface area contributed by atoms with Gasteiger partial charge in [-0.05, 0) is 11.1 Å². The number of halogens is 2. The van der Waals surface area contributed by atoms with Crippen LogP contribution in [0.3, 0.4) is 0 Å². The van der Waals surface area contributed by atoms with Crippen LogP contribution in [0.4, 0.5) is 0 Å². The van der Waals surface area contributed by atoms with Crippen molar-refractivity contribution in [2.24, 2.45) is 21.5 Å². The van der Waals surface area contributed by atoms with E-state index in [1.165, 1.54) is 12.1 Å². The van der Waals surface area contributed by atoms with Crippen molar-refractivity contribution >= 4 is 12.4 Å². The minimum atomic E-state index is -4.94. The van der Waals surface area contributed by atoms with Crippen LogP contribution >= 0.6 is 0 Å². The molecule has 246 valence electrons. The van der Waals surface area contributed by atoms with E-state index in [1.807, 2.05) is 12.1 Å². The van der Waals surface area contributed by atoms with Gasteiger partial charge in [0.05, 0.1) is 13.1 Å². The normalized spacial score (nSPS) is 12.4. The summed E-state index contributed by atoms with van der Waals surface area (Å²) in [6.07, 6.45) is 3.13. The Labute approximate surface area is 269 Å². The van der Waals surface area contributed by atoms with Gasteiger partial charge in [-0.2, -0.15) is 0 Å². The Kier molecular flexibility index (Phi) is 33.4. The molecule has 6 N–H and O–H groups in total. The largest absolute Gasteiger partial charge is 2.00 e. The van der Waals surface area contributed by atoms with Gasteiger partial charge in [0.15, 0.2) is 0 Å². The summed E-state index contributed by atoms with van der Waals surface area (Å²) in [5.74, 6) is -0.00320. The van der Waals surface area contributed by atoms with Crippen molar-refractivity contribution in [3.05, 3.63) is 59.7 Å². The van der Waals surface area contributed by atoms with Gasteiger partial charge >= 0.3 is 34.1 Å². The first-order chi connectivity index (χ1) is 18.7. The third kappa shape index (κ3) is 40.7. The first-order valence-electron chi connectivity index (χ1n) is 11.3. The second-order valence-corrected chi connectivity index (χ2v) is 8.49. The summed E-state index contributed by atoms with van der Waals surface area (Å²) in [5, 5.41) is 28.6. The molecule has 0 unspecified atom stereocenters. The van der Waals surface area contributed by atoms with Crippen molar-refractivity contribution < 1.29 is 102 Å². The summed E-state index contributed by atoms with van der Waals surface area (Å²) in [4.78, 5) is 7.94. The van der Waals surface area contributed by atoms with Crippen molar-refractivity contribution in [1.29, 1.82) is 0 Å². The molecule has 2 radical (unpaired) electrons. The molecule has 2 aromatic carbocycles. The SMILES string of the molecule is C1CNCCN1.NCCN=Cc1ccccc1[O-].NCCN=Cc1ccccc1[O-].[Cu+2].[Cu+2].[O-][Cl+3]([O-])([O-])[O-].[O-][Cl+3]([O-])([O-])[O-]. The van der Waals surface area contributed by atoms with Gasteiger partial charge in [-0.1, -0.05) is 48.5 Å². The zero-order chi connectivity index (χ0) is 30.9. The van der Waals surface area contributed by atoms with Crippen molar-refractivity contribution in [1.82, 2.24) is 10.6 Å². The molecule has 1 saturated heterocycles. The second kappa shape index (κ2) is 29.6. The van der Waals surface area contributed by atoms with E-state index in [9.17, 15) is 10.2 Å². The van der Waals surface area contributed by atoms with Gasteiger partial charge in [-0.3, -0.25) is 9.98 Å². The van der Waals surface area contributed by atoms with Crippen molar-refractivity contribution in [3.63, 3.8) is 0 Å². The number of nitrogens with zero attached hydrogens (tertiary/aromatic N) is 2. The van der Waals surface area contributed by atoms with Crippen LogP contribution in [0, 0.1) is 20.5 Å². The van der Waals surface area contributed by atoms with Gasteiger partial charge in [0.25, 0.3) is 0 Å². The molecular formula is C22H32Cl2Cu2N6O10. The third-order valence-corrected chi connectivity index (χ3v) is 3.77. The maximum atomic E-state index is 11.1. The van der Waals surface area contributed by atoms with E-state index in [2.05, 4.69) is 20.6 Å². The summed E-state index contributed by atoms with van der Waals surface area (Å²) < 4.78 is 67.9. The average Bonchev–Trinajstić information content (AvgIpc) is 2.87. The Morgan fingerprint density at radius 3 is 1.07 bits per heavy atom. The number of piperazine rings is 1. The molecule has 0 aromatic heterocycles. The van der Waals surface area contributed by atoms with E-state index in [-0.39, 0.29) is 45.6 Å². The number of para-hydroxylation sites is 2. The van der Waals surface area contributed by atoms with Gasteiger partial charge in [0, 0.05) is 51.7 Å². The van der Waals surface area contributed by atoms with Crippen LogP contribution < -0.4 is 69.6 Å². The molecule has 1 aliphatic rings. The molecule has 20 heteroatoms. The van der Waals surface area contributed by atoms with Crippen LogP contribution in [-0.2, 0) is 34.1 Å². The molecule has 1 heterocycles. The molecule has 0 saturated carbocycles. The number of hydrogen-bond acceptors (Lipinski definition) is 16. The Balaban J connectivity index is -0.000000225. The number of aliphatic imine (C=N–C) groups is 2. The molecule has 1 fully saturated rings. The standard InChI is InChI=1S/2C9H12N2O.C4H10N2.2ClHO4.2Cu/c2*10-5-6-11-7-8-3-1-2-4-9(8)12;1-2-6-4-3-5-1;2*2-1(3,4)5;;/h2*1-4,7,12H,5-6,10H2;5-6H,1-4H2;2*(H,2,3,4,5);;/q;;;;;2*+2/p-4. The van der Waals surface area contributed by atoms with Gasteiger partial charge in [0.1, 0.15) is 0 Å². The van der Waals surface area contributed by atoms with E-state index in [1.54, 1.807) is 36.7 Å². The Hall–Kier alpha value is -1.48. The maximum absolute atomic E-state index is 11.1. The molecule has 3 rings (SSSR count). The van der Waals surface area contributed by atoms with E-state index >= 15 is 0 Å². The van der Waals surface area contributed by atoms with Gasteiger partial charge in [-0.15, -0.1) is 32.0 Å². The summed E-state index contributed by atoms with van der Waals surface area (Å²) in [6.45, 7) is 6.71. The van der Waals surface area contributed by atoms with Crippen molar-refractivity contribution in [2.45, 2.75) is 0 Å². The van der Waals surface area contributed by atoms with Crippen LogP contribution in [0.15, 0.2) is 58.5 Å².